The number of pyridine rings is 2. The van der Waals surface area contributed by atoms with Crippen LogP contribution in [0.5, 0.6) is 0 Å². The summed E-state index contributed by atoms with van der Waals surface area (Å²) in [5.41, 5.74) is 4.95. The molecule has 192 valence electrons. The zero-order valence-electron chi connectivity index (χ0n) is 21.1. The first-order valence-electron chi connectivity index (χ1n) is 12.9. The van der Waals surface area contributed by atoms with Gasteiger partial charge in [0.1, 0.15) is 11.6 Å². The summed E-state index contributed by atoms with van der Waals surface area (Å²) < 4.78 is 7.81. The molecule has 0 saturated heterocycles. The first-order valence-corrected chi connectivity index (χ1v) is 12.9. The third-order valence-electron chi connectivity index (χ3n) is 7.65. The monoisotopic (exact) mass is 508 g/mol. The molecule has 0 unspecified atom stereocenters. The first kappa shape index (κ1) is 24.1. The number of ether oxygens (including phenoxy) is 1. The Morgan fingerprint density at radius 2 is 1.87 bits per heavy atom. The second kappa shape index (κ2) is 9.88. The molecule has 0 aliphatic heterocycles. The number of rotatable bonds is 6. The van der Waals surface area contributed by atoms with E-state index in [1.807, 2.05) is 30.6 Å². The lowest BCUT2D eigenvalue weighted by Gasteiger charge is -2.28. The number of carboxylic acid groups (broad SMARTS) is 1. The predicted octanol–water partition coefficient (Wildman–Crippen LogP) is 6.19. The number of nitrogens with zero attached hydrogens (tertiary/aromatic N) is 6. The van der Waals surface area contributed by atoms with Gasteiger partial charge in [-0.05, 0) is 86.4 Å². The third-order valence-corrected chi connectivity index (χ3v) is 7.65. The maximum Gasteiger partial charge on any atom is 0.418 e. The number of imidazole rings is 1. The van der Waals surface area contributed by atoms with Crippen LogP contribution in [0.2, 0.25) is 0 Å². The molecule has 2 saturated carbocycles. The fraction of sp³-hybridized carbons (Fsp3) is 0.345. The van der Waals surface area contributed by atoms with E-state index in [2.05, 4.69) is 26.7 Å². The van der Waals surface area contributed by atoms with Crippen LogP contribution in [-0.4, -0.2) is 43.9 Å². The van der Waals surface area contributed by atoms with E-state index in [1.165, 1.54) is 12.3 Å². The predicted molar refractivity (Wildman–Crippen MR) is 142 cm³/mol. The summed E-state index contributed by atoms with van der Waals surface area (Å²) in [5, 5.41) is 19.4. The van der Waals surface area contributed by atoms with Gasteiger partial charge >= 0.3 is 6.09 Å². The van der Waals surface area contributed by atoms with Crippen molar-refractivity contribution in [3.8, 4) is 17.3 Å². The van der Waals surface area contributed by atoms with E-state index < -0.39 is 6.09 Å². The van der Waals surface area contributed by atoms with Gasteiger partial charge in [-0.15, -0.1) is 0 Å². The number of hydrogen-bond acceptors (Lipinski definition) is 6. The van der Waals surface area contributed by atoms with Gasteiger partial charge < -0.3 is 14.4 Å². The van der Waals surface area contributed by atoms with Crippen LogP contribution in [0.4, 0.5) is 16.4 Å². The highest BCUT2D eigenvalue weighted by Crippen LogP contribution is 2.43. The molecule has 1 aromatic carbocycles. The van der Waals surface area contributed by atoms with Crippen LogP contribution >= 0.6 is 0 Å². The number of methoxy groups -OCH3 is 1. The molecule has 0 radical (unpaired) electrons. The Bertz CT molecular complexity index is 1550. The van der Waals surface area contributed by atoms with Crippen molar-refractivity contribution in [2.75, 3.05) is 12.0 Å². The molecule has 0 spiro atoms. The summed E-state index contributed by atoms with van der Waals surface area (Å²) in [6.07, 6.45) is 8.73. The molecular weight excluding hydrogens is 480 g/mol. The van der Waals surface area contributed by atoms with Crippen LogP contribution in [-0.2, 0) is 4.74 Å². The van der Waals surface area contributed by atoms with Gasteiger partial charge in [-0.3, -0.25) is 0 Å². The van der Waals surface area contributed by atoms with Crippen molar-refractivity contribution in [3.63, 3.8) is 0 Å². The number of fused-ring (bicyclic) bond motifs is 1. The fourth-order valence-corrected chi connectivity index (χ4v) is 5.41. The van der Waals surface area contributed by atoms with E-state index >= 15 is 0 Å². The van der Waals surface area contributed by atoms with Crippen LogP contribution in [0.1, 0.15) is 61.6 Å². The molecule has 1 N–H and O–H groups in total. The summed E-state index contributed by atoms with van der Waals surface area (Å²) in [4.78, 5) is 27.1. The van der Waals surface area contributed by atoms with Gasteiger partial charge in [-0.1, -0.05) is 6.07 Å². The quantitative estimate of drug-likeness (QED) is 0.330. The topological polar surface area (TPSA) is 117 Å². The van der Waals surface area contributed by atoms with Crippen molar-refractivity contribution in [1.82, 2.24) is 19.5 Å². The molecule has 38 heavy (non-hydrogen) atoms. The molecular formula is C29H28N6O3. The minimum absolute atomic E-state index is 0.142. The van der Waals surface area contributed by atoms with E-state index in [1.54, 1.807) is 13.2 Å². The first-order chi connectivity index (χ1) is 18.5. The second-order valence-electron chi connectivity index (χ2n) is 10.1. The summed E-state index contributed by atoms with van der Waals surface area (Å²) >= 11 is 0. The van der Waals surface area contributed by atoms with Crippen LogP contribution in [0, 0.1) is 11.3 Å². The van der Waals surface area contributed by atoms with E-state index in [9.17, 15) is 15.2 Å². The molecule has 2 fully saturated rings. The van der Waals surface area contributed by atoms with E-state index in [0.717, 1.165) is 65.6 Å². The van der Waals surface area contributed by atoms with Crippen molar-refractivity contribution in [1.29, 1.82) is 5.26 Å². The van der Waals surface area contributed by atoms with Crippen molar-refractivity contribution in [3.05, 3.63) is 66.1 Å². The standard InChI is InChI=1S/C29H28N6O3/c1-38-23-7-5-22(6-8-23)34-17-32-24-9-4-20(14-26(24)34)25-13-21(19-2-3-19)15-28(33-25)35(29(36)37)27-12-18(16-30)10-11-31-27/h4,9-15,17,19,22-23H,2-3,5-8H2,1H3,(H,36,37). The average molecular weight is 509 g/mol. The van der Waals surface area contributed by atoms with Crippen LogP contribution in [0.15, 0.2) is 55.0 Å². The Morgan fingerprint density at radius 1 is 1.05 bits per heavy atom. The highest BCUT2D eigenvalue weighted by atomic mass is 16.5. The number of amides is 1. The number of aromatic nitrogens is 4. The lowest BCUT2D eigenvalue weighted by Crippen LogP contribution is -2.26. The molecule has 2 aliphatic carbocycles. The zero-order chi connectivity index (χ0) is 26.2. The zero-order valence-corrected chi connectivity index (χ0v) is 21.1. The van der Waals surface area contributed by atoms with Gasteiger partial charge in [0.2, 0.25) is 0 Å². The van der Waals surface area contributed by atoms with Crippen LogP contribution in [0.25, 0.3) is 22.3 Å². The Labute approximate surface area is 220 Å². The Kier molecular flexibility index (Phi) is 6.26. The number of anilines is 2. The Hall–Kier alpha value is -4.29. The maximum atomic E-state index is 12.4. The minimum atomic E-state index is -1.21. The highest BCUT2D eigenvalue weighted by molar-refractivity contribution is 5.93. The molecule has 9 heteroatoms. The molecule has 2 aliphatic rings. The van der Waals surface area contributed by atoms with Gasteiger partial charge in [0.05, 0.1) is 40.8 Å². The molecule has 1 amide bonds. The average Bonchev–Trinajstić information content (AvgIpc) is 3.72. The molecule has 0 atom stereocenters. The Balaban J connectivity index is 1.42. The third kappa shape index (κ3) is 4.59. The van der Waals surface area contributed by atoms with Crippen molar-refractivity contribution in [2.45, 2.75) is 56.6 Å². The molecule has 6 rings (SSSR count). The van der Waals surface area contributed by atoms with Crippen LogP contribution in [0.3, 0.4) is 0 Å². The lowest BCUT2D eigenvalue weighted by molar-refractivity contribution is 0.0589. The van der Waals surface area contributed by atoms with Crippen molar-refractivity contribution < 1.29 is 14.6 Å². The van der Waals surface area contributed by atoms with Gasteiger partial charge in [0.25, 0.3) is 0 Å². The summed E-state index contributed by atoms with van der Waals surface area (Å²) in [6.45, 7) is 0. The smallest absolute Gasteiger partial charge is 0.418 e. The van der Waals surface area contributed by atoms with Crippen molar-refractivity contribution >= 4 is 28.8 Å². The minimum Gasteiger partial charge on any atom is -0.464 e. The second-order valence-corrected chi connectivity index (χ2v) is 10.1. The van der Waals surface area contributed by atoms with Gasteiger partial charge in [0, 0.05) is 24.9 Å². The highest BCUT2D eigenvalue weighted by Gasteiger charge is 2.28. The number of hydrogen-bond donors (Lipinski definition) is 1. The molecule has 3 heterocycles. The summed E-state index contributed by atoms with van der Waals surface area (Å²) in [5.74, 6) is 0.795. The largest absolute Gasteiger partial charge is 0.464 e. The van der Waals surface area contributed by atoms with E-state index in [0.29, 0.717) is 29.3 Å². The maximum absolute atomic E-state index is 12.4. The number of benzene rings is 1. The molecule has 4 aromatic rings. The summed E-state index contributed by atoms with van der Waals surface area (Å²) in [7, 11) is 1.78. The van der Waals surface area contributed by atoms with E-state index in [4.69, 9.17) is 9.72 Å². The molecule has 0 bridgehead atoms. The van der Waals surface area contributed by atoms with Gasteiger partial charge in [0.15, 0.2) is 0 Å². The fourth-order valence-electron chi connectivity index (χ4n) is 5.41. The SMILES string of the molecule is COC1CCC(n2cnc3ccc(-c4cc(C5CC5)cc(N(C(=O)O)c5cc(C#N)ccn5)n4)cc32)CC1. The lowest BCUT2D eigenvalue weighted by atomic mass is 9.92. The van der Waals surface area contributed by atoms with Crippen molar-refractivity contribution in [2.24, 2.45) is 0 Å². The van der Waals surface area contributed by atoms with Crippen LogP contribution < -0.4 is 4.90 Å². The Morgan fingerprint density at radius 3 is 2.58 bits per heavy atom. The molecule has 3 aromatic heterocycles. The van der Waals surface area contributed by atoms with E-state index in [-0.39, 0.29) is 11.6 Å². The normalized spacial score (nSPS) is 19.3. The number of nitriles is 1. The summed E-state index contributed by atoms with van der Waals surface area (Å²) in [6, 6.07) is 15.4. The molecule has 9 nitrogen and oxygen atoms in total. The van der Waals surface area contributed by atoms with Gasteiger partial charge in [-0.2, -0.15) is 5.26 Å². The number of carbonyl (C=O) groups is 1. The van der Waals surface area contributed by atoms with Gasteiger partial charge in [-0.25, -0.2) is 24.6 Å².